The van der Waals surface area contributed by atoms with Crippen molar-refractivity contribution in [3.8, 4) is 45.5 Å². The Bertz CT molecular complexity index is 3690. The van der Waals surface area contributed by atoms with Crippen molar-refractivity contribution in [1.82, 2.24) is 0 Å². The van der Waals surface area contributed by atoms with Gasteiger partial charge in [0.2, 0.25) is 0 Å². The summed E-state index contributed by atoms with van der Waals surface area (Å²) in [7, 11) is 0. The summed E-state index contributed by atoms with van der Waals surface area (Å²) < 4.78 is 0. The van der Waals surface area contributed by atoms with Gasteiger partial charge in [-0.25, -0.2) is 0 Å². The zero-order valence-corrected chi connectivity index (χ0v) is 30.1. The van der Waals surface area contributed by atoms with Crippen LogP contribution in [0, 0.1) is 22.7 Å². The van der Waals surface area contributed by atoms with Gasteiger partial charge in [-0.15, -0.1) is 0 Å². The maximum atomic E-state index is 9.86. The van der Waals surface area contributed by atoms with Crippen LogP contribution in [0.15, 0.2) is 170 Å². The molecule has 0 N–H and O–H groups in total. The predicted molar refractivity (Wildman–Crippen MR) is 235 cm³/mol. The van der Waals surface area contributed by atoms with Crippen LogP contribution in [-0.4, -0.2) is 0 Å². The van der Waals surface area contributed by atoms with Crippen LogP contribution >= 0.6 is 0 Å². The van der Waals surface area contributed by atoms with Gasteiger partial charge < -0.3 is 0 Å². The highest BCUT2D eigenvalue weighted by Crippen LogP contribution is 2.55. The number of hydrogen-bond acceptors (Lipinski definition) is 2. The summed E-state index contributed by atoms with van der Waals surface area (Å²) in [5, 5.41) is 39.3. The van der Waals surface area contributed by atoms with E-state index in [2.05, 4.69) is 158 Å². The van der Waals surface area contributed by atoms with E-state index >= 15 is 0 Å². The molecule has 0 saturated heterocycles. The molecule has 56 heavy (non-hydrogen) atoms. The van der Waals surface area contributed by atoms with Crippen molar-refractivity contribution in [3.63, 3.8) is 0 Å². The molecule has 0 heterocycles. The Labute approximate surface area is 322 Å². The molecule has 0 saturated carbocycles. The monoisotopic (exact) mass is 704 g/mol. The average Bonchev–Trinajstić information content (AvgIpc) is 3.77. The Morgan fingerprint density at radius 2 is 0.768 bits per heavy atom. The molecule has 0 spiro atoms. The minimum absolute atomic E-state index is 0.636. The quantitative estimate of drug-likeness (QED) is 0.172. The van der Waals surface area contributed by atoms with Gasteiger partial charge >= 0.3 is 0 Å². The van der Waals surface area contributed by atoms with Crippen LogP contribution in [0.1, 0.15) is 11.1 Å². The Kier molecular flexibility index (Phi) is 6.22. The molecule has 0 unspecified atom stereocenters. The number of rotatable bonds is 3. The van der Waals surface area contributed by atoms with E-state index < -0.39 is 0 Å². The van der Waals surface area contributed by atoms with Gasteiger partial charge in [-0.05, 0) is 150 Å². The van der Waals surface area contributed by atoms with Crippen molar-refractivity contribution < 1.29 is 0 Å². The third-order valence-electron chi connectivity index (χ3n) is 12.2. The molecular formula is C54H28N2. The first-order chi connectivity index (χ1) is 27.7. The van der Waals surface area contributed by atoms with E-state index in [4.69, 9.17) is 0 Å². The highest BCUT2D eigenvalue weighted by molar-refractivity contribution is 6.45. The smallest absolute Gasteiger partial charge is 0.0991 e. The Morgan fingerprint density at radius 3 is 1.48 bits per heavy atom. The van der Waals surface area contributed by atoms with Gasteiger partial charge in [0.05, 0.1) is 23.3 Å². The maximum absolute atomic E-state index is 9.86. The second kappa shape index (κ2) is 11.4. The highest BCUT2D eigenvalue weighted by Gasteiger charge is 2.27. The second-order valence-electron chi connectivity index (χ2n) is 14.9. The van der Waals surface area contributed by atoms with Gasteiger partial charge in [0, 0.05) is 0 Å². The molecule has 0 aliphatic heterocycles. The van der Waals surface area contributed by atoms with Crippen LogP contribution in [0.5, 0.6) is 0 Å². The fraction of sp³-hybridized carbons (Fsp3) is 0. The molecule has 12 aromatic carbocycles. The zero-order chi connectivity index (χ0) is 37.1. The molecule has 12 aromatic rings. The van der Waals surface area contributed by atoms with Crippen molar-refractivity contribution in [2.24, 2.45) is 0 Å². The van der Waals surface area contributed by atoms with Crippen LogP contribution in [-0.2, 0) is 0 Å². The standard InChI is InChI=1S/C54H28N2/c55-29-31-18-22-34(23-19-31)48-47-28-46-39-12-4-3-11-38(39)41-14-6-16-43(51(41)46)52(47)49(35-24-20-32(30-56)21-25-35)54-44-17-7-15-42-40(26-27-45(50(42)44)53(48)54)37-13-5-9-33-8-1-2-10-36(33)37/h1-28H. The van der Waals surface area contributed by atoms with Crippen molar-refractivity contribution in [2.75, 3.05) is 0 Å². The van der Waals surface area contributed by atoms with Crippen molar-refractivity contribution in [3.05, 3.63) is 181 Å². The predicted octanol–water partition coefficient (Wildman–Crippen LogP) is 14.5. The topological polar surface area (TPSA) is 47.6 Å². The summed E-state index contributed by atoms with van der Waals surface area (Å²) in [6.07, 6.45) is 0. The van der Waals surface area contributed by atoms with E-state index in [0.717, 1.165) is 11.1 Å². The van der Waals surface area contributed by atoms with E-state index in [9.17, 15) is 10.5 Å². The molecular weight excluding hydrogens is 677 g/mol. The van der Waals surface area contributed by atoms with E-state index in [-0.39, 0.29) is 0 Å². The van der Waals surface area contributed by atoms with Crippen molar-refractivity contribution >= 4 is 86.2 Å². The van der Waals surface area contributed by atoms with Gasteiger partial charge in [-0.1, -0.05) is 140 Å². The minimum Gasteiger partial charge on any atom is -0.192 e. The second-order valence-corrected chi connectivity index (χ2v) is 14.9. The number of fused-ring (bicyclic) bond motifs is 9. The first-order valence-corrected chi connectivity index (χ1v) is 19.0. The minimum atomic E-state index is 0.636. The summed E-state index contributed by atoms with van der Waals surface area (Å²) >= 11 is 0. The van der Waals surface area contributed by atoms with E-state index in [1.165, 1.54) is 108 Å². The lowest BCUT2D eigenvalue weighted by Crippen LogP contribution is -1.91. The average molecular weight is 705 g/mol. The van der Waals surface area contributed by atoms with Gasteiger partial charge in [0.25, 0.3) is 0 Å². The van der Waals surface area contributed by atoms with Crippen molar-refractivity contribution in [2.45, 2.75) is 0 Å². The van der Waals surface area contributed by atoms with Gasteiger partial charge in [-0.2, -0.15) is 10.5 Å². The summed E-state index contributed by atoms with van der Waals surface area (Å²) in [5.41, 5.74) is 8.19. The van der Waals surface area contributed by atoms with Crippen molar-refractivity contribution in [1.29, 1.82) is 10.5 Å². The fourth-order valence-corrected chi connectivity index (χ4v) is 9.92. The number of hydrogen-bond donors (Lipinski definition) is 0. The lowest BCUT2D eigenvalue weighted by molar-refractivity contribution is 1.48. The van der Waals surface area contributed by atoms with Crippen LogP contribution in [0.25, 0.3) is 120 Å². The molecule has 2 heteroatoms. The van der Waals surface area contributed by atoms with Crippen LogP contribution in [0.4, 0.5) is 0 Å². The lowest BCUT2D eigenvalue weighted by Gasteiger charge is -2.19. The Balaban J connectivity index is 1.36. The molecule has 0 amide bonds. The van der Waals surface area contributed by atoms with E-state index in [0.29, 0.717) is 11.1 Å². The largest absolute Gasteiger partial charge is 0.192 e. The molecule has 0 bridgehead atoms. The van der Waals surface area contributed by atoms with Crippen LogP contribution in [0.2, 0.25) is 0 Å². The molecule has 0 aromatic heterocycles. The Hall–Kier alpha value is -7.78. The number of benzene rings is 10. The zero-order valence-electron chi connectivity index (χ0n) is 30.1. The summed E-state index contributed by atoms with van der Waals surface area (Å²) in [5.74, 6) is 0. The summed E-state index contributed by atoms with van der Waals surface area (Å²) in [4.78, 5) is 0. The highest BCUT2D eigenvalue weighted by atomic mass is 14.3. The van der Waals surface area contributed by atoms with Crippen LogP contribution in [0.3, 0.4) is 0 Å². The van der Waals surface area contributed by atoms with E-state index in [1.807, 2.05) is 24.3 Å². The first-order valence-electron chi connectivity index (χ1n) is 19.0. The first kappa shape index (κ1) is 30.7. The molecule has 0 atom stereocenters. The number of nitriles is 2. The number of nitrogens with zero attached hydrogens (tertiary/aromatic N) is 2. The summed E-state index contributed by atoms with van der Waals surface area (Å²) in [6, 6.07) is 65.5. The normalized spacial score (nSPS) is 11.9. The third-order valence-corrected chi connectivity index (χ3v) is 12.2. The molecule has 254 valence electrons. The van der Waals surface area contributed by atoms with Gasteiger partial charge in [-0.3, -0.25) is 0 Å². The summed E-state index contributed by atoms with van der Waals surface area (Å²) in [6.45, 7) is 0. The fourth-order valence-electron chi connectivity index (χ4n) is 9.92. The molecule has 0 aliphatic rings. The molecule has 0 fully saturated rings. The van der Waals surface area contributed by atoms with Gasteiger partial charge in [0.1, 0.15) is 0 Å². The Morgan fingerprint density at radius 1 is 0.286 bits per heavy atom. The SMILES string of the molecule is N#Cc1ccc(-c2c3cc4c5ccccc5c5cccc(c3c(-c3ccc(C#N)cc3)c3c6cccc7c(-c8cccc9ccccc89)ccc(c23)c76)c54)cc1. The maximum Gasteiger partial charge on any atom is 0.0991 e. The van der Waals surface area contributed by atoms with Crippen LogP contribution < -0.4 is 0 Å². The lowest BCUT2D eigenvalue weighted by atomic mass is 9.83. The molecule has 0 aliphatic carbocycles. The van der Waals surface area contributed by atoms with Gasteiger partial charge in [0.15, 0.2) is 0 Å². The van der Waals surface area contributed by atoms with E-state index in [1.54, 1.807) is 0 Å². The molecule has 2 nitrogen and oxygen atoms in total. The molecule has 12 rings (SSSR count). The third kappa shape index (κ3) is 4.03. The molecule has 0 radical (unpaired) electrons.